The van der Waals surface area contributed by atoms with Crippen molar-refractivity contribution < 1.29 is 0 Å². The molecule has 5 nitrogen and oxygen atoms in total. The third-order valence-electron chi connectivity index (χ3n) is 3.60. The van der Waals surface area contributed by atoms with Crippen molar-refractivity contribution >= 4 is 17.5 Å². The summed E-state index contributed by atoms with van der Waals surface area (Å²) >= 11 is 5.99. The molecule has 0 aliphatic carbocycles. The number of benzene rings is 1. The number of hydrogen-bond acceptors (Lipinski definition) is 4. The van der Waals surface area contributed by atoms with Crippen LogP contribution >= 0.6 is 11.6 Å². The lowest BCUT2D eigenvalue weighted by Gasteiger charge is -2.28. The topological polar surface area (TPSA) is 70.8 Å². The van der Waals surface area contributed by atoms with E-state index in [-0.39, 0.29) is 0 Å². The zero-order valence-electron chi connectivity index (χ0n) is 11.2. The van der Waals surface area contributed by atoms with Crippen LogP contribution in [0.15, 0.2) is 24.3 Å². The van der Waals surface area contributed by atoms with Crippen LogP contribution < -0.4 is 10.6 Å². The second-order valence-electron chi connectivity index (χ2n) is 5.21. The first-order valence-electron chi connectivity index (χ1n) is 6.87. The van der Waals surface area contributed by atoms with Gasteiger partial charge < -0.3 is 10.6 Å². The number of nitrogens with two attached hydrogens (primary N) is 1. The highest BCUT2D eigenvalue weighted by Crippen LogP contribution is 2.17. The fourth-order valence-electron chi connectivity index (χ4n) is 2.45. The average Bonchev–Trinajstić information content (AvgIpc) is 2.88. The SMILES string of the molecule is NC1CCN(c2n[nH]c(Cc3cccc(Cl)c3)n2)CC1. The van der Waals surface area contributed by atoms with Crippen molar-refractivity contribution in [2.45, 2.75) is 25.3 Å². The molecule has 0 amide bonds. The molecular formula is C14H18ClN5. The smallest absolute Gasteiger partial charge is 0.244 e. The molecule has 106 valence electrons. The molecule has 6 heteroatoms. The molecule has 0 bridgehead atoms. The number of piperidine rings is 1. The summed E-state index contributed by atoms with van der Waals surface area (Å²) in [4.78, 5) is 6.74. The predicted molar refractivity (Wildman–Crippen MR) is 80.1 cm³/mol. The number of anilines is 1. The summed E-state index contributed by atoms with van der Waals surface area (Å²) in [6, 6.07) is 8.11. The van der Waals surface area contributed by atoms with Crippen LogP contribution in [-0.2, 0) is 6.42 Å². The molecule has 1 fully saturated rings. The molecule has 0 spiro atoms. The number of rotatable bonds is 3. The molecule has 2 aromatic rings. The summed E-state index contributed by atoms with van der Waals surface area (Å²) in [6.45, 7) is 1.85. The van der Waals surface area contributed by atoms with E-state index in [4.69, 9.17) is 17.3 Å². The number of H-pyrrole nitrogens is 1. The highest BCUT2D eigenvalue weighted by atomic mass is 35.5. The third-order valence-corrected chi connectivity index (χ3v) is 3.84. The van der Waals surface area contributed by atoms with Gasteiger partial charge in [-0.15, -0.1) is 5.10 Å². The molecule has 1 saturated heterocycles. The molecule has 0 atom stereocenters. The van der Waals surface area contributed by atoms with Gasteiger partial charge in [-0.2, -0.15) is 4.98 Å². The maximum absolute atomic E-state index is 5.99. The van der Waals surface area contributed by atoms with Gasteiger partial charge in [-0.05, 0) is 30.5 Å². The van der Waals surface area contributed by atoms with Crippen molar-refractivity contribution in [3.05, 3.63) is 40.7 Å². The Labute approximate surface area is 123 Å². The molecule has 0 unspecified atom stereocenters. The summed E-state index contributed by atoms with van der Waals surface area (Å²) in [5.41, 5.74) is 7.03. The minimum absolute atomic E-state index is 0.316. The van der Waals surface area contributed by atoms with Crippen LogP contribution in [0.5, 0.6) is 0 Å². The van der Waals surface area contributed by atoms with E-state index >= 15 is 0 Å². The van der Waals surface area contributed by atoms with Gasteiger partial charge >= 0.3 is 0 Å². The van der Waals surface area contributed by atoms with Gasteiger partial charge in [0, 0.05) is 30.6 Å². The Hall–Kier alpha value is -1.59. The van der Waals surface area contributed by atoms with E-state index in [1.807, 2.05) is 24.3 Å². The lowest BCUT2D eigenvalue weighted by Crippen LogP contribution is -2.40. The molecular weight excluding hydrogens is 274 g/mol. The van der Waals surface area contributed by atoms with Crippen molar-refractivity contribution in [2.75, 3.05) is 18.0 Å². The quantitative estimate of drug-likeness (QED) is 0.907. The lowest BCUT2D eigenvalue weighted by atomic mass is 10.1. The maximum atomic E-state index is 5.99. The van der Waals surface area contributed by atoms with Crippen LogP contribution in [-0.4, -0.2) is 34.3 Å². The van der Waals surface area contributed by atoms with Crippen LogP contribution in [0.2, 0.25) is 5.02 Å². The van der Waals surface area contributed by atoms with Crippen LogP contribution in [0.1, 0.15) is 24.2 Å². The molecule has 3 N–H and O–H groups in total. The van der Waals surface area contributed by atoms with Gasteiger partial charge in [0.05, 0.1) is 0 Å². The largest absolute Gasteiger partial charge is 0.339 e. The average molecular weight is 292 g/mol. The second-order valence-corrected chi connectivity index (χ2v) is 5.65. The van der Waals surface area contributed by atoms with Gasteiger partial charge in [0.25, 0.3) is 0 Å². The molecule has 0 radical (unpaired) electrons. The van der Waals surface area contributed by atoms with Crippen LogP contribution in [0, 0.1) is 0 Å². The van der Waals surface area contributed by atoms with E-state index in [1.54, 1.807) is 0 Å². The number of aromatic amines is 1. The first kappa shape index (κ1) is 13.4. The van der Waals surface area contributed by atoms with Crippen molar-refractivity contribution in [3.8, 4) is 0 Å². The normalized spacial score (nSPS) is 16.6. The van der Waals surface area contributed by atoms with Gasteiger partial charge in [-0.3, -0.25) is 5.10 Å². The standard InChI is InChI=1S/C14H18ClN5/c15-11-3-1-2-10(8-11)9-13-17-14(19-18-13)20-6-4-12(16)5-7-20/h1-3,8,12H,4-7,9,16H2,(H,17,18,19). The fraction of sp³-hybridized carbons (Fsp3) is 0.429. The molecule has 1 aliphatic rings. The third kappa shape index (κ3) is 3.11. The summed E-state index contributed by atoms with van der Waals surface area (Å²) in [5.74, 6) is 1.63. The van der Waals surface area contributed by atoms with E-state index < -0.39 is 0 Å². The Morgan fingerprint density at radius 1 is 1.35 bits per heavy atom. The zero-order chi connectivity index (χ0) is 13.9. The summed E-state index contributed by atoms with van der Waals surface area (Å²) in [5, 5.41) is 8.05. The first-order valence-corrected chi connectivity index (χ1v) is 7.25. The molecule has 1 aromatic heterocycles. The molecule has 3 rings (SSSR count). The van der Waals surface area contributed by atoms with E-state index in [2.05, 4.69) is 20.1 Å². The summed E-state index contributed by atoms with van der Waals surface area (Å²) in [7, 11) is 0. The van der Waals surface area contributed by atoms with Gasteiger partial charge in [0.2, 0.25) is 5.95 Å². The van der Waals surface area contributed by atoms with Gasteiger partial charge in [0.15, 0.2) is 0 Å². The Bertz CT molecular complexity index is 574. The first-order chi connectivity index (χ1) is 9.70. The Balaban J connectivity index is 1.67. The molecule has 0 saturated carbocycles. The van der Waals surface area contributed by atoms with Crippen molar-refractivity contribution in [3.63, 3.8) is 0 Å². The number of hydrogen-bond donors (Lipinski definition) is 2. The molecule has 2 heterocycles. The van der Waals surface area contributed by atoms with Crippen molar-refractivity contribution in [1.29, 1.82) is 0 Å². The zero-order valence-corrected chi connectivity index (χ0v) is 12.0. The highest BCUT2D eigenvalue weighted by molar-refractivity contribution is 6.30. The Morgan fingerprint density at radius 2 is 2.15 bits per heavy atom. The fourth-order valence-corrected chi connectivity index (χ4v) is 2.66. The monoisotopic (exact) mass is 291 g/mol. The second kappa shape index (κ2) is 5.81. The Kier molecular flexibility index (Phi) is 3.89. The number of nitrogens with zero attached hydrogens (tertiary/aromatic N) is 3. The molecule has 20 heavy (non-hydrogen) atoms. The van der Waals surface area contributed by atoms with E-state index in [0.29, 0.717) is 12.5 Å². The maximum Gasteiger partial charge on any atom is 0.244 e. The number of halogens is 1. The number of aromatic nitrogens is 3. The van der Waals surface area contributed by atoms with Gasteiger partial charge in [-0.25, -0.2) is 0 Å². The summed E-state index contributed by atoms with van der Waals surface area (Å²) in [6.07, 6.45) is 2.71. The highest BCUT2D eigenvalue weighted by Gasteiger charge is 2.19. The molecule has 1 aliphatic heterocycles. The van der Waals surface area contributed by atoms with E-state index in [0.717, 1.165) is 48.3 Å². The van der Waals surface area contributed by atoms with E-state index in [9.17, 15) is 0 Å². The van der Waals surface area contributed by atoms with E-state index in [1.165, 1.54) is 0 Å². The van der Waals surface area contributed by atoms with Gasteiger partial charge in [-0.1, -0.05) is 23.7 Å². The molecule has 1 aromatic carbocycles. The predicted octanol–water partition coefficient (Wildman–Crippen LogP) is 1.98. The van der Waals surface area contributed by atoms with Crippen LogP contribution in [0.3, 0.4) is 0 Å². The van der Waals surface area contributed by atoms with Crippen molar-refractivity contribution in [1.82, 2.24) is 15.2 Å². The minimum Gasteiger partial charge on any atom is -0.339 e. The summed E-state index contributed by atoms with van der Waals surface area (Å²) < 4.78 is 0. The van der Waals surface area contributed by atoms with Crippen molar-refractivity contribution in [2.24, 2.45) is 5.73 Å². The van der Waals surface area contributed by atoms with Gasteiger partial charge in [0.1, 0.15) is 5.82 Å². The number of nitrogens with one attached hydrogen (secondary N) is 1. The van der Waals surface area contributed by atoms with Crippen LogP contribution in [0.4, 0.5) is 5.95 Å². The minimum atomic E-state index is 0.316. The van der Waals surface area contributed by atoms with Crippen LogP contribution in [0.25, 0.3) is 0 Å². The lowest BCUT2D eigenvalue weighted by molar-refractivity contribution is 0.496. The Morgan fingerprint density at radius 3 is 2.90 bits per heavy atom.